The Kier molecular flexibility index (Phi) is 3.03. The Morgan fingerprint density at radius 3 is 2.17 bits per heavy atom. The molecular formula is C20H21NOS. The van der Waals surface area contributed by atoms with Crippen LogP contribution >= 0.6 is 11.3 Å². The Labute approximate surface area is 141 Å². The third kappa shape index (κ3) is 2.20. The second-order valence-electron chi connectivity index (χ2n) is 7.98. The van der Waals surface area contributed by atoms with E-state index in [1.807, 2.05) is 24.3 Å². The van der Waals surface area contributed by atoms with Crippen LogP contribution in [0.25, 0.3) is 10.6 Å². The number of carbonyl (C=O) groups excluding carboxylic acids is 1. The number of thiazole rings is 1. The lowest BCUT2D eigenvalue weighted by molar-refractivity contribution is -0.00689. The maximum atomic E-state index is 10.8. The van der Waals surface area contributed by atoms with Crippen LogP contribution in [-0.2, 0) is 5.41 Å². The van der Waals surface area contributed by atoms with Crippen LogP contribution in [0.2, 0.25) is 0 Å². The normalized spacial score (nSPS) is 34.7. The Morgan fingerprint density at radius 2 is 1.61 bits per heavy atom. The van der Waals surface area contributed by atoms with Gasteiger partial charge in [-0.25, -0.2) is 4.98 Å². The molecule has 4 saturated carbocycles. The molecule has 0 aliphatic heterocycles. The quantitative estimate of drug-likeness (QED) is 0.736. The first-order valence-electron chi connectivity index (χ1n) is 8.76. The van der Waals surface area contributed by atoms with Crippen molar-refractivity contribution in [2.24, 2.45) is 17.8 Å². The molecule has 3 heteroatoms. The highest BCUT2D eigenvalue weighted by atomic mass is 32.1. The first kappa shape index (κ1) is 13.9. The summed E-state index contributed by atoms with van der Waals surface area (Å²) in [4.78, 5) is 15.9. The molecule has 0 atom stereocenters. The fourth-order valence-electron chi connectivity index (χ4n) is 5.78. The van der Waals surface area contributed by atoms with Gasteiger partial charge < -0.3 is 0 Å². The van der Waals surface area contributed by atoms with Gasteiger partial charge in [-0.05, 0) is 56.3 Å². The molecule has 0 radical (unpaired) electrons. The van der Waals surface area contributed by atoms with Crippen molar-refractivity contribution in [3.8, 4) is 10.6 Å². The minimum atomic E-state index is 0.381. The van der Waals surface area contributed by atoms with Gasteiger partial charge in [-0.15, -0.1) is 11.3 Å². The van der Waals surface area contributed by atoms with Gasteiger partial charge in [0.05, 0.1) is 5.69 Å². The van der Waals surface area contributed by atoms with Crippen LogP contribution < -0.4 is 0 Å². The molecule has 4 aliphatic rings. The Bertz CT molecular complexity index is 710. The fourth-order valence-corrected chi connectivity index (χ4v) is 6.73. The van der Waals surface area contributed by atoms with Crippen molar-refractivity contribution in [1.29, 1.82) is 0 Å². The maximum absolute atomic E-state index is 10.8. The zero-order chi connectivity index (χ0) is 15.4. The van der Waals surface area contributed by atoms with Crippen LogP contribution in [0.1, 0.15) is 54.6 Å². The second kappa shape index (κ2) is 5.01. The predicted octanol–water partition coefficient (Wildman–Crippen LogP) is 5.09. The molecule has 118 valence electrons. The van der Waals surface area contributed by atoms with Crippen molar-refractivity contribution in [3.63, 3.8) is 0 Å². The van der Waals surface area contributed by atoms with Crippen molar-refractivity contribution >= 4 is 17.6 Å². The van der Waals surface area contributed by atoms with Crippen molar-refractivity contribution in [3.05, 3.63) is 40.9 Å². The molecule has 0 spiro atoms. The molecule has 0 amide bonds. The third-order valence-corrected chi connectivity index (χ3v) is 7.27. The monoisotopic (exact) mass is 323 g/mol. The highest BCUT2D eigenvalue weighted by Crippen LogP contribution is 2.60. The zero-order valence-electron chi connectivity index (χ0n) is 13.2. The van der Waals surface area contributed by atoms with Crippen molar-refractivity contribution in [1.82, 2.24) is 4.98 Å². The van der Waals surface area contributed by atoms with E-state index in [1.54, 1.807) is 11.3 Å². The Hall–Kier alpha value is -1.48. The molecule has 4 bridgehead atoms. The highest BCUT2D eigenvalue weighted by molar-refractivity contribution is 7.13. The van der Waals surface area contributed by atoms with Crippen LogP contribution in [0.15, 0.2) is 29.6 Å². The maximum Gasteiger partial charge on any atom is 0.150 e. The van der Waals surface area contributed by atoms with Gasteiger partial charge in [0.15, 0.2) is 0 Å². The lowest BCUT2D eigenvalue weighted by Gasteiger charge is -2.56. The number of rotatable bonds is 3. The van der Waals surface area contributed by atoms with Crippen molar-refractivity contribution in [2.45, 2.75) is 43.9 Å². The number of nitrogens with zero attached hydrogens (tertiary/aromatic N) is 1. The topological polar surface area (TPSA) is 30.0 Å². The summed E-state index contributed by atoms with van der Waals surface area (Å²) >= 11 is 1.77. The molecule has 23 heavy (non-hydrogen) atoms. The summed E-state index contributed by atoms with van der Waals surface area (Å²) in [5.74, 6) is 2.87. The Balaban J connectivity index is 1.48. The fraction of sp³-hybridized carbons (Fsp3) is 0.500. The van der Waals surface area contributed by atoms with Gasteiger partial charge in [0.2, 0.25) is 0 Å². The van der Waals surface area contributed by atoms with E-state index in [4.69, 9.17) is 4.98 Å². The van der Waals surface area contributed by atoms with Crippen molar-refractivity contribution in [2.75, 3.05) is 0 Å². The predicted molar refractivity (Wildman–Crippen MR) is 92.8 cm³/mol. The molecular weight excluding hydrogens is 302 g/mol. The molecule has 1 heterocycles. The standard InChI is InChI=1S/C20H21NOS/c22-11-13-1-3-17(4-2-13)19-21-18(12-23-19)20-8-14-5-15(9-20)7-16(6-14)10-20/h1-4,11-12,14-16H,5-10H2. The molecule has 1 aromatic heterocycles. The number of hydrogen-bond donors (Lipinski definition) is 0. The summed E-state index contributed by atoms with van der Waals surface area (Å²) in [6, 6.07) is 7.81. The van der Waals surface area contributed by atoms with Crippen LogP contribution in [0.5, 0.6) is 0 Å². The average molecular weight is 323 g/mol. The van der Waals surface area contributed by atoms with Gasteiger partial charge >= 0.3 is 0 Å². The molecule has 0 unspecified atom stereocenters. The second-order valence-corrected chi connectivity index (χ2v) is 8.83. The van der Waals surface area contributed by atoms with Crippen LogP contribution in [0.4, 0.5) is 0 Å². The number of carbonyl (C=O) groups is 1. The highest BCUT2D eigenvalue weighted by Gasteiger charge is 2.52. The molecule has 2 aromatic rings. The number of benzene rings is 1. The first-order valence-corrected chi connectivity index (χ1v) is 9.64. The van der Waals surface area contributed by atoms with E-state index in [0.717, 1.165) is 40.2 Å². The molecule has 6 rings (SSSR count). The minimum Gasteiger partial charge on any atom is -0.298 e. The zero-order valence-corrected chi connectivity index (χ0v) is 14.0. The number of aldehydes is 1. The van der Waals surface area contributed by atoms with Gasteiger partial charge in [0.25, 0.3) is 0 Å². The average Bonchev–Trinajstić information content (AvgIpc) is 3.04. The van der Waals surface area contributed by atoms with Crippen LogP contribution in [0, 0.1) is 17.8 Å². The Morgan fingerprint density at radius 1 is 1.00 bits per heavy atom. The number of aromatic nitrogens is 1. The van der Waals surface area contributed by atoms with Gasteiger partial charge in [-0.1, -0.05) is 24.3 Å². The lowest BCUT2D eigenvalue weighted by Crippen LogP contribution is -2.48. The minimum absolute atomic E-state index is 0.381. The van der Waals surface area contributed by atoms with E-state index in [9.17, 15) is 4.79 Å². The molecule has 4 fully saturated rings. The van der Waals surface area contributed by atoms with Crippen LogP contribution in [-0.4, -0.2) is 11.3 Å². The van der Waals surface area contributed by atoms with E-state index in [-0.39, 0.29) is 0 Å². The van der Waals surface area contributed by atoms with E-state index in [1.165, 1.54) is 44.2 Å². The van der Waals surface area contributed by atoms with E-state index >= 15 is 0 Å². The third-order valence-electron chi connectivity index (χ3n) is 6.38. The van der Waals surface area contributed by atoms with Crippen molar-refractivity contribution < 1.29 is 4.79 Å². The smallest absolute Gasteiger partial charge is 0.150 e. The summed E-state index contributed by atoms with van der Waals surface area (Å²) in [5.41, 5.74) is 3.60. The molecule has 0 saturated heterocycles. The SMILES string of the molecule is O=Cc1ccc(-c2nc(C34CC5CC(CC(C5)C3)C4)cs2)cc1. The first-order chi connectivity index (χ1) is 11.2. The largest absolute Gasteiger partial charge is 0.298 e. The summed E-state index contributed by atoms with van der Waals surface area (Å²) in [5, 5.41) is 3.42. The van der Waals surface area contributed by atoms with E-state index in [2.05, 4.69) is 5.38 Å². The van der Waals surface area contributed by atoms with Gasteiger partial charge in [-0.3, -0.25) is 4.79 Å². The van der Waals surface area contributed by atoms with Crippen LogP contribution in [0.3, 0.4) is 0 Å². The molecule has 1 aromatic carbocycles. The summed E-state index contributed by atoms with van der Waals surface area (Å²) in [6.45, 7) is 0. The summed E-state index contributed by atoms with van der Waals surface area (Å²) in [7, 11) is 0. The van der Waals surface area contributed by atoms with Gasteiger partial charge in [0, 0.05) is 21.9 Å². The van der Waals surface area contributed by atoms with Gasteiger partial charge in [-0.2, -0.15) is 0 Å². The lowest BCUT2D eigenvalue weighted by atomic mass is 9.49. The molecule has 4 aliphatic carbocycles. The molecule has 0 N–H and O–H groups in total. The van der Waals surface area contributed by atoms with Gasteiger partial charge in [0.1, 0.15) is 11.3 Å². The van der Waals surface area contributed by atoms with E-state index in [0.29, 0.717) is 5.41 Å². The van der Waals surface area contributed by atoms with E-state index < -0.39 is 0 Å². The summed E-state index contributed by atoms with van der Waals surface area (Å²) < 4.78 is 0. The molecule has 2 nitrogen and oxygen atoms in total. The summed E-state index contributed by atoms with van der Waals surface area (Å²) in [6.07, 6.45) is 9.42. The number of hydrogen-bond acceptors (Lipinski definition) is 3.